The molecule has 2 N–H and O–H groups in total. The van der Waals surface area contributed by atoms with Gasteiger partial charge in [0.1, 0.15) is 18.0 Å². The fourth-order valence-corrected chi connectivity index (χ4v) is 2.43. The van der Waals surface area contributed by atoms with Crippen LogP contribution in [0.15, 0.2) is 24.5 Å². The van der Waals surface area contributed by atoms with Crippen LogP contribution in [0.4, 0.5) is 17.3 Å². The molecule has 0 aliphatic heterocycles. The zero-order chi connectivity index (χ0) is 15.4. The zero-order valence-electron chi connectivity index (χ0n) is 13.5. The van der Waals surface area contributed by atoms with E-state index >= 15 is 0 Å². The minimum atomic E-state index is 0.341. The lowest BCUT2D eigenvalue weighted by molar-refractivity contribution is 0.849. The molecule has 0 fully saturated rings. The highest BCUT2D eigenvalue weighted by molar-refractivity contribution is 5.68. The fraction of sp³-hybridized carbons (Fsp3) is 0.412. The first-order valence-corrected chi connectivity index (χ1v) is 7.46. The van der Waals surface area contributed by atoms with Crippen LogP contribution in [0.5, 0.6) is 0 Å². The van der Waals surface area contributed by atoms with Crippen molar-refractivity contribution in [2.75, 3.05) is 17.2 Å². The first-order valence-electron chi connectivity index (χ1n) is 7.46. The molecule has 0 amide bonds. The Morgan fingerprint density at radius 3 is 2.43 bits per heavy atom. The van der Waals surface area contributed by atoms with E-state index in [1.165, 1.54) is 11.1 Å². The SMILES string of the molecule is CCNc1ncnc(Nc2ccc(C)cc2C)c1C(C)C. The maximum absolute atomic E-state index is 4.44. The van der Waals surface area contributed by atoms with Crippen LogP contribution in [0.25, 0.3) is 0 Å². The van der Waals surface area contributed by atoms with Gasteiger partial charge in [0.25, 0.3) is 0 Å². The number of hydrogen-bond donors (Lipinski definition) is 2. The normalized spacial score (nSPS) is 10.8. The Bertz CT molecular complexity index is 620. The highest BCUT2D eigenvalue weighted by atomic mass is 15.1. The fourth-order valence-electron chi connectivity index (χ4n) is 2.43. The van der Waals surface area contributed by atoms with Crippen LogP contribution in [0.1, 0.15) is 43.4 Å². The Balaban J connectivity index is 2.41. The van der Waals surface area contributed by atoms with E-state index in [0.29, 0.717) is 5.92 Å². The van der Waals surface area contributed by atoms with Crippen molar-refractivity contribution in [1.29, 1.82) is 0 Å². The summed E-state index contributed by atoms with van der Waals surface area (Å²) in [6.45, 7) is 11.4. The molecule has 0 atom stereocenters. The summed E-state index contributed by atoms with van der Waals surface area (Å²) in [6, 6.07) is 6.38. The summed E-state index contributed by atoms with van der Waals surface area (Å²) >= 11 is 0. The van der Waals surface area contributed by atoms with E-state index in [1.807, 2.05) is 0 Å². The number of nitrogens with one attached hydrogen (secondary N) is 2. The van der Waals surface area contributed by atoms with Gasteiger partial charge >= 0.3 is 0 Å². The van der Waals surface area contributed by atoms with Gasteiger partial charge in [-0.05, 0) is 38.3 Å². The van der Waals surface area contributed by atoms with Crippen molar-refractivity contribution < 1.29 is 0 Å². The minimum Gasteiger partial charge on any atom is -0.370 e. The Kier molecular flexibility index (Phi) is 4.78. The standard InChI is InChI=1S/C17H24N4/c1-6-18-16-15(11(2)3)17(20-10-19-16)21-14-8-7-12(4)9-13(14)5/h7-11H,6H2,1-5H3,(H2,18,19,20,21). The second-order valence-electron chi connectivity index (χ2n) is 5.61. The van der Waals surface area contributed by atoms with Gasteiger partial charge < -0.3 is 10.6 Å². The van der Waals surface area contributed by atoms with Crippen LogP contribution >= 0.6 is 0 Å². The topological polar surface area (TPSA) is 49.8 Å². The molecule has 2 aromatic rings. The van der Waals surface area contributed by atoms with Crippen LogP contribution in [0, 0.1) is 13.8 Å². The molecule has 4 heteroatoms. The predicted octanol–water partition coefficient (Wildman–Crippen LogP) is 4.39. The first-order chi connectivity index (χ1) is 10.0. The van der Waals surface area contributed by atoms with Crippen LogP contribution in [0.3, 0.4) is 0 Å². The number of nitrogens with zero attached hydrogens (tertiary/aromatic N) is 2. The molecule has 1 aromatic carbocycles. The number of rotatable bonds is 5. The summed E-state index contributed by atoms with van der Waals surface area (Å²) in [6.07, 6.45) is 1.61. The maximum Gasteiger partial charge on any atom is 0.139 e. The summed E-state index contributed by atoms with van der Waals surface area (Å²) in [7, 11) is 0. The van der Waals surface area contributed by atoms with Gasteiger partial charge in [0, 0.05) is 17.8 Å². The van der Waals surface area contributed by atoms with E-state index in [1.54, 1.807) is 6.33 Å². The largest absolute Gasteiger partial charge is 0.370 e. The molecule has 0 radical (unpaired) electrons. The van der Waals surface area contributed by atoms with E-state index in [0.717, 1.165) is 29.4 Å². The van der Waals surface area contributed by atoms with Crippen LogP contribution in [-0.4, -0.2) is 16.5 Å². The lowest BCUT2D eigenvalue weighted by atomic mass is 10.0. The Morgan fingerprint density at radius 1 is 1.10 bits per heavy atom. The molecule has 0 saturated carbocycles. The lowest BCUT2D eigenvalue weighted by Crippen LogP contribution is -2.09. The molecule has 4 nitrogen and oxygen atoms in total. The van der Waals surface area contributed by atoms with E-state index in [2.05, 4.69) is 73.4 Å². The number of benzene rings is 1. The van der Waals surface area contributed by atoms with Gasteiger partial charge in [0.15, 0.2) is 0 Å². The third-order valence-corrected chi connectivity index (χ3v) is 3.44. The van der Waals surface area contributed by atoms with E-state index in [4.69, 9.17) is 0 Å². The van der Waals surface area contributed by atoms with Crippen molar-refractivity contribution in [2.24, 2.45) is 0 Å². The monoisotopic (exact) mass is 284 g/mol. The van der Waals surface area contributed by atoms with Crippen molar-refractivity contribution in [1.82, 2.24) is 9.97 Å². The molecule has 0 aliphatic carbocycles. The molecule has 0 unspecified atom stereocenters. The third-order valence-electron chi connectivity index (χ3n) is 3.44. The van der Waals surface area contributed by atoms with Gasteiger partial charge in [0.2, 0.25) is 0 Å². The van der Waals surface area contributed by atoms with Gasteiger partial charge in [-0.3, -0.25) is 0 Å². The molecular weight excluding hydrogens is 260 g/mol. The summed E-state index contributed by atoms with van der Waals surface area (Å²) in [5.41, 5.74) is 4.69. The molecule has 0 saturated heterocycles. The average Bonchev–Trinajstić information content (AvgIpc) is 2.42. The summed E-state index contributed by atoms with van der Waals surface area (Å²) < 4.78 is 0. The van der Waals surface area contributed by atoms with Gasteiger partial charge in [0.05, 0.1) is 0 Å². The molecule has 0 aliphatic rings. The van der Waals surface area contributed by atoms with Gasteiger partial charge in [-0.25, -0.2) is 9.97 Å². The average molecular weight is 284 g/mol. The first kappa shape index (κ1) is 15.3. The number of aryl methyl sites for hydroxylation is 2. The third kappa shape index (κ3) is 3.51. The lowest BCUT2D eigenvalue weighted by Gasteiger charge is -2.18. The number of hydrogen-bond acceptors (Lipinski definition) is 4. The molecule has 2 rings (SSSR count). The van der Waals surface area contributed by atoms with E-state index < -0.39 is 0 Å². The molecule has 0 spiro atoms. The maximum atomic E-state index is 4.44. The summed E-state index contributed by atoms with van der Waals surface area (Å²) in [5, 5.41) is 6.77. The quantitative estimate of drug-likeness (QED) is 0.854. The summed E-state index contributed by atoms with van der Waals surface area (Å²) in [5.74, 6) is 2.13. The van der Waals surface area contributed by atoms with Crippen molar-refractivity contribution >= 4 is 17.3 Å². The smallest absolute Gasteiger partial charge is 0.139 e. The van der Waals surface area contributed by atoms with Crippen molar-refractivity contribution in [3.63, 3.8) is 0 Å². The Labute approximate surface area is 127 Å². The number of aromatic nitrogens is 2. The molecular formula is C17H24N4. The molecule has 112 valence electrons. The molecule has 0 bridgehead atoms. The van der Waals surface area contributed by atoms with Crippen LogP contribution in [-0.2, 0) is 0 Å². The molecule has 1 aromatic heterocycles. The van der Waals surface area contributed by atoms with E-state index in [-0.39, 0.29) is 0 Å². The highest BCUT2D eigenvalue weighted by Gasteiger charge is 2.15. The van der Waals surface area contributed by atoms with Crippen molar-refractivity contribution in [3.8, 4) is 0 Å². The number of anilines is 3. The second-order valence-corrected chi connectivity index (χ2v) is 5.61. The van der Waals surface area contributed by atoms with Crippen LogP contribution < -0.4 is 10.6 Å². The minimum absolute atomic E-state index is 0.341. The highest BCUT2D eigenvalue weighted by Crippen LogP contribution is 2.31. The predicted molar refractivity (Wildman–Crippen MR) is 89.5 cm³/mol. The summed E-state index contributed by atoms with van der Waals surface area (Å²) in [4.78, 5) is 8.81. The van der Waals surface area contributed by atoms with Crippen molar-refractivity contribution in [2.45, 2.75) is 40.5 Å². The van der Waals surface area contributed by atoms with Gasteiger partial charge in [-0.15, -0.1) is 0 Å². The van der Waals surface area contributed by atoms with Gasteiger partial charge in [-0.2, -0.15) is 0 Å². The molecule has 1 heterocycles. The van der Waals surface area contributed by atoms with Gasteiger partial charge in [-0.1, -0.05) is 31.5 Å². The molecule has 21 heavy (non-hydrogen) atoms. The Hall–Kier alpha value is -2.10. The van der Waals surface area contributed by atoms with E-state index in [9.17, 15) is 0 Å². The second kappa shape index (κ2) is 6.57. The van der Waals surface area contributed by atoms with Crippen LogP contribution in [0.2, 0.25) is 0 Å². The van der Waals surface area contributed by atoms with Crippen molar-refractivity contribution in [3.05, 3.63) is 41.2 Å². The zero-order valence-corrected chi connectivity index (χ0v) is 13.5. The Morgan fingerprint density at radius 2 is 1.81 bits per heavy atom.